The van der Waals surface area contributed by atoms with Crippen LogP contribution in [-0.2, 0) is 0 Å². The zero-order valence-electron chi connectivity index (χ0n) is 16.4. The molecule has 0 bridgehead atoms. The molecule has 0 amide bonds. The molecular weight excluding hydrogens is 348 g/mol. The molecule has 1 aliphatic rings. The number of para-hydroxylation sites is 1. The molecule has 1 aromatic heterocycles. The summed E-state index contributed by atoms with van der Waals surface area (Å²) in [6.45, 7) is 6.64. The summed E-state index contributed by atoms with van der Waals surface area (Å²) in [6.07, 6.45) is 4.19. The van der Waals surface area contributed by atoms with Crippen molar-refractivity contribution in [1.82, 2.24) is 15.2 Å². The first-order chi connectivity index (χ1) is 13.7. The molecule has 0 unspecified atom stereocenters. The molecule has 0 aliphatic carbocycles. The predicted molar refractivity (Wildman–Crippen MR) is 115 cm³/mol. The Bertz CT molecular complexity index is 916. The highest BCUT2D eigenvalue weighted by Crippen LogP contribution is 2.27. The number of nitrogens with zero attached hydrogens (tertiary/aromatic N) is 4. The molecule has 2 N–H and O–H groups in total. The van der Waals surface area contributed by atoms with Crippen LogP contribution in [0.5, 0.6) is 0 Å². The maximum atomic E-state index is 4.56. The molecular formula is C22H26N6. The summed E-state index contributed by atoms with van der Waals surface area (Å²) in [6, 6.07) is 16.7. The van der Waals surface area contributed by atoms with Gasteiger partial charge in [0.05, 0.1) is 6.20 Å². The van der Waals surface area contributed by atoms with Gasteiger partial charge in [-0.25, -0.2) is 0 Å². The van der Waals surface area contributed by atoms with E-state index in [1.807, 2.05) is 6.07 Å². The summed E-state index contributed by atoms with van der Waals surface area (Å²) >= 11 is 0. The molecule has 1 saturated heterocycles. The minimum Gasteiger partial charge on any atom is -0.372 e. The van der Waals surface area contributed by atoms with E-state index < -0.39 is 0 Å². The van der Waals surface area contributed by atoms with Crippen LogP contribution < -0.4 is 15.5 Å². The second-order valence-corrected chi connectivity index (χ2v) is 7.40. The van der Waals surface area contributed by atoms with Crippen molar-refractivity contribution in [3.63, 3.8) is 0 Å². The number of hydrogen-bond acceptors (Lipinski definition) is 6. The average molecular weight is 374 g/mol. The maximum absolute atomic E-state index is 4.56. The average Bonchev–Trinajstić information content (AvgIpc) is 3.24. The van der Waals surface area contributed by atoms with Crippen LogP contribution in [0, 0.1) is 0 Å². The van der Waals surface area contributed by atoms with Gasteiger partial charge in [0.15, 0.2) is 5.82 Å². The molecule has 0 spiro atoms. The molecule has 1 aliphatic heterocycles. The van der Waals surface area contributed by atoms with Crippen molar-refractivity contribution < 1.29 is 0 Å². The van der Waals surface area contributed by atoms with E-state index in [1.54, 1.807) is 6.20 Å². The van der Waals surface area contributed by atoms with Crippen molar-refractivity contribution in [2.24, 2.45) is 0 Å². The van der Waals surface area contributed by atoms with Gasteiger partial charge in [-0.1, -0.05) is 32.0 Å². The third-order valence-corrected chi connectivity index (χ3v) is 5.00. The van der Waals surface area contributed by atoms with Crippen molar-refractivity contribution in [3.8, 4) is 0 Å². The third-order valence-electron chi connectivity index (χ3n) is 5.00. The lowest BCUT2D eigenvalue weighted by molar-refractivity contribution is 0.868. The minimum atomic E-state index is 0.421. The molecule has 144 valence electrons. The molecule has 2 aromatic carbocycles. The highest BCUT2D eigenvalue weighted by Gasteiger charge is 2.12. The van der Waals surface area contributed by atoms with E-state index in [0.717, 1.165) is 24.5 Å². The summed E-state index contributed by atoms with van der Waals surface area (Å²) in [4.78, 5) is 6.97. The summed E-state index contributed by atoms with van der Waals surface area (Å²) in [5.74, 6) is 1.56. The lowest BCUT2D eigenvalue weighted by Gasteiger charge is -2.17. The van der Waals surface area contributed by atoms with Gasteiger partial charge >= 0.3 is 0 Å². The molecule has 3 aromatic rings. The normalized spacial score (nSPS) is 13.8. The van der Waals surface area contributed by atoms with Crippen LogP contribution in [0.3, 0.4) is 0 Å². The van der Waals surface area contributed by atoms with Crippen molar-refractivity contribution in [2.45, 2.75) is 32.6 Å². The summed E-state index contributed by atoms with van der Waals surface area (Å²) < 4.78 is 0. The first kappa shape index (κ1) is 18.2. The van der Waals surface area contributed by atoms with Crippen LogP contribution in [0.1, 0.15) is 38.2 Å². The Morgan fingerprint density at radius 3 is 2.43 bits per heavy atom. The van der Waals surface area contributed by atoms with Gasteiger partial charge in [0.2, 0.25) is 5.95 Å². The molecule has 6 nitrogen and oxygen atoms in total. The molecule has 0 radical (unpaired) electrons. The Hall–Kier alpha value is -3.15. The fourth-order valence-electron chi connectivity index (χ4n) is 3.53. The van der Waals surface area contributed by atoms with E-state index >= 15 is 0 Å². The van der Waals surface area contributed by atoms with E-state index in [9.17, 15) is 0 Å². The Labute approximate surface area is 166 Å². The second-order valence-electron chi connectivity index (χ2n) is 7.40. The van der Waals surface area contributed by atoms with Gasteiger partial charge in [0.1, 0.15) is 0 Å². The highest BCUT2D eigenvalue weighted by atomic mass is 15.3. The number of benzene rings is 2. The van der Waals surface area contributed by atoms with Gasteiger partial charge in [-0.2, -0.15) is 10.1 Å². The number of hydrogen-bond donors (Lipinski definition) is 2. The molecule has 4 rings (SSSR count). The van der Waals surface area contributed by atoms with Crippen LogP contribution >= 0.6 is 0 Å². The van der Waals surface area contributed by atoms with Crippen molar-refractivity contribution in [3.05, 3.63) is 60.3 Å². The van der Waals surface area contributed by atoms with Gasteiger partial charge in [-0.3, -0.25) is 0 Å². The van der Waals surface area contributed by atoms with Crippen LogP contribution in [0.4, 0.5) is 28.8 Å². The van der Waals surface area contributed by atoms with Crippen molar-refractivity contribution >= 4 is 28.8 Å². The maximum Gasteiger partial charge on any atom is 0.249 e. The fraction of sp³-hybridized carbons (Fsp3) is 0.318. The molecule has 1 fully saturated rings. The van der Waals surface area contributed by atoms with Gasteiger partial charge < -0.3 is 15.5 Å². The molecule has 0 atom stereocenters. The topological polar surface area (TPSA) is 66.0 Å². The first-order valence-corrected chi connectivity index (χ1v) is 9.87. The van der Waals surface area contributed by atoms with Crippen LogP contribution in [0.15, 0.2) is 54.7 Å². The lowest BCUT2D eigenvalue weighted by atomic mass is 10.0. The van der Waals surface area contributed by atoms with E-state index in [-0.39, 0.29) is 0 Å². The Kier molecular flexibility index (Phi) is 5.37. The number of aromatic nitrogens is 3. The van der Waals surface area contributed by atoms with E-state index in [1.165, 1.54) is 24.1 Å². The fourth-order valence-corrected chi connectivity index (χ4v) is 3.53. The van der Waals surface area contributed by atoms with Crippen LogP contribution in [0.25, 0.3) is 0 Å². The zero-order valence-corrected chi connectivity index (χ0v) is 16.4. The third kappa shape index (κ3) is 4.22. The van der Waals surface area contributed by atoms with E-state index in [2.05, 4.69) is 87.0 Å². The van der Waals surface area contributed by atoms with Gasteiger partial charge in [-0.05, 0) is 54.7 Å². The first-order valence-electron chi connectivity index (χ1n) is 9.87. The molecule has 6 heteroatoms. The Balaban J connectivity index is 1.47. The summed E-state index contributed by atoms with van der Waals surface area (Å²) in [5, 5.41) is 14.8. The van der Waals surface area contributed by atoms with Gasteiger partial charge in [-0.15, -0.1) is 5.10 Å². The second kappa shape index (κ2) is 8.25. The number of rotatable bonds is 6. The molecule has 2 heterocycles. The van der Waals surface area contributed by atoms with Crippen molar-refractivity contribution in [1.29, 1.82) is 0 Å². The van der Waals surface area contributed by atoms with Crippen LogP contribution in [-0.4, -0.2) is 28.3 Å². The predicted octanol–water partition coefficient (Wildman–Crippen LogP) is 5.08. The SMILES string of the molecule is CC(C)c1ccccc1Nc1cnnc(Nc2ccc(N3CCCC3)cc2)n1. The van der Waals surface area contributed by atoms with Crippen LogP contribution in [0.2, 0.25) is 0 Å². The number of anilines is 5. The summed E-state index contributed by atoms with van der Waals surface area (Å²) in [7, 11) is 0. The van der Waals surface area contributed by atoms with E-state index in [4.69, 9.17) is 0 Å². The largest absolute Gasteiger partial charge is 0.372 e. The monoisotopic (exact) mass is 374 g/mol. The lowest BCUT2D eigenvalue weighted by Crippen LogP contribution is -2.17. The molecule has 28 heavy (non-hydrogen) atoms. The standard InChI is InChI=1S/C22H26N6/c1-16(2)19-7-3-4-8-20(19)25-21-15-23-27-22(26-21)24-17-9-11-18(12-10-17)28-13-5-6-14-28/h3-4,7-12,15-16H,5-6,13-14H2,1-2H3,(H2,24,25,26,27). The van der Waals surface area contributed by atoms with E-state index in [0.29, 0.717) is 17.7 Å². The number of nitrogens with one attached hydrogen (secondary N) is 2. The van der Waals surface area contributed by atoms with Gasteiger partial charge in [0.25, 0.3) is 0 Å². The highest BCUT2D eigenvalue weighted by molar-refractivity contribution is 5.63. The summed E-state index contributed by atoms with van der Waals surface area (Å²) in [5.41, 5.74) is 4.50. The Morgan fingerprint density at radius 2 is 1.68 bits per heavy atom. The smallest absolute Gasteiger partial charge is 0.249 e. The quantitative estimate of drug-likeness (QED) is 0.627. The molecule has 0 saturated carbocycles. The Morgan fingerprint density at radius 1 is 0.929 bits per heavy atom. The van der Waals surface area contributed by atoms with Crippen molar-refractivity contribution in [2.75, 3.05) is 28.6 Å². The minimum absolute atomic E-state index is 0.421. The van der Waals surface area contributed by atoms with Gasteiger partial charge in [0, 0.05) is 30.2 Å². The zero-order chi connectivity index (χ0) is 19.3.